The Kier molecular flexibility index (Phi) is 4.90. The number of carbonyl (C=O) groups is 1. The van der Waals surface area contributed by atoms with Gasteiger partial charge in [-0.15, -0.1) is 0 Å². The predicted molar refractivity (Wildman–Crippen MR) is 105 cm³/mol. The summed E-state index contributed by atoms with van der Waals surface area (Å²) in [5, 5.41) is 6.78. The number of rotatable bonds is 5. The highest BCUT2D eigenvalue weighted by molar-refractivity contribution is 5.92. The molecule has 0 aliphatic rings. The Morgan fingerprint density at radius 1 is 1.14 bits per heavy atom. The van der Waals surface area contributed by atoms with E-state index in [4.69, 9.17) is 8.94 Å². The van der Waals surface area contributed by atoms with Crippen LogP contribution in [0.3, 0.4) is 0 Å². The second-order valence-corrected chi connectivity index (χ2v) is 6.64. The van der Waals surface area contributed by atoms with Gasteiger partial charge < -0.3 is 14.3 Å². The lowest BCUT2D eigenvalue weighted by Crippen LogP contribution is -2.23. The Balaban J connectivity index is 1.50. The van der Waals surface area contributed by atoms with Gasteiger partial charge in [0.2, 0.25) is 5.76 Å². The number of benzene rings is 1. The number of nitrogens with zero attached hydrogens (tertiary/aromatic N) is 4. The van der Waals surface area contributed by atoms with E-state index in [1.54, 1.807) is 20.0 Å². The topological polar surface area (TPSA) is 107 Å². The summed E-state index contributed by atoms with van der Waals surface area (Å²) in [6, 6.07) is 9.61. The highest BCUT2D eigenvalue weighted by Gasteiger charge is 2.16. The molecule has 0 bridgehead atoms. The van der Waals surface area contributed by atoms with Crippen LogP contribution in [0.15, 0.2) is 51.8 Å². The number of carbonyl (C=O) groups excluding carboxylic acids is 1. The second-order valence-electron chi connectivity index (χ2n) is 6.64. The van der Waals surface area contributed by atoms with Crippen molar-refractivity contribution in [2.24, 2.45) is 0 Å². The van der Waals surface area contributed by atoms with Crippen molar-refractivity contribution in [2.75, 3.05) is 0 Å². The van der Waals surface area contributed by atoms with E-state index >= 15 is 0 Å². The van der Waals surface area contributed by atoms with Gasteiger partial charge >= 0.3 is 0 Å². The van der Waals surface area contributed by atoms with Crippen LogP contribution in [0, 0.1) is 20.8 Å². The standard InChI is InChI=1S/C21H19N5O3/c1-12-8-18(29-26-12)17-10-22-11-24-19(17)16-6-4-15(5-7-16)9-23-21(27)20-13(2)25-14(3)28-20/h4-8,10-11H,9H2,1-3H3,(H,23,27). The van der Waals surface area contributed by atoms with Crippen molar-refractivity contribution in [3.8, 4) is 22.6 Å². The van der Waals surface area contributed by atoms with Gasteiger partial charge in [-0.2, -0.15) is 0 Å². The molecule has 0 atom stereocenters. The minimum Gasteiger partial charge on any atom is -0.436 e. The lowest BCUT2D eigenvalue weighted by Gasteiger charge is -2.08. The fourth-order valence-electron chi connectivity index (χ4n) is 3.02. The SMILES string of the molecule is Cc1cc(-c2cncnc2-c2ccc(CNC(=O)c3oc(C)nc3C)cc2)on1. The molecule has 4 rings (SSSR count). The number of aromatic nitrogens is 4. The quantitative estimate of drug-likeness (QED) is 0.555. The minimum absolute atomic E-state index is 0.243. The zero-order valence-electron chi connectivity index (χ0n) is 16.3. The minimum atomic E-state index is -0.286. The van der Waals surface area contributed by atoms with E-state index in [1.807, 2.05) is 37.3 Å². The molecule has 0 spiro atoms. The molecule has 0 aliphatic heterocycles. The molecule has 4 aromatic rings. The van der Waals surface area contributed by atoms with E-state index in [0.29, 0.717) is 23.9 Å². The van der Waals surface area contributed by atoms with Gasteiger partial charge in [0.15, 0.2) is 11.7 Å². The predicted octanol–water partition coefficient (Wildman–Crippen LogP) is 3.64. The highest BCUT2D eigenvalue weighted by atomic mass is 16.5. The maximum Gasteiger partial charge on any atom is 0.289 e. The average Bonchev–Trinajstić information content (AvgIpc) is 3.31. The first kappa shape index (κ1) is 18.5. The summed E-state index contributed by atoms with van der Waals surface area (Å²) < 4.78 is 10.7. The fraction of sp³-hybridized carbons (Fsp3) is 0.190. The third-order valence-corrected chi connectivity index (χ3v) is 4.40. The van der Waals surface area contributed by atoms with E-state index in [1.165, 1.54) is 6.33 Å². The Bertz CT molecular complexity index is 1160. The van der Waals surface area contributed by atoms with Crippen LogP contribution in [0.4, 0.5) is 0 Å². The summed E-state index contributed by atoms with van der Waals surface area (Å²) >= 11 is 0. The van der Waals surface area contributed by atoms with E-state index in [9.17, 15) is 4.79 Å². The largest absolute Gasteiger partial charge is 0.436 e. The molecule has 0 unspecified atom stereocenters. The summed E-state index contributed by atoms with van der Waals surface area (Å²) in [5.41, 5.74) is 4.74. The van der Waals surface area contributed by atoms with Crippen LogP contribution in [0.25, 0.3) is 22.6 Å². The van der Waals surface area contributed by atoms with Gasteiger partial charge in [-0.3, -0.25) is 4.79 Å². The van der Waals surface area contributed by atoms with Gasteiger partial charge in [-0.05, 0) is 19.4 Å². The molecule has 29 heavy (non-hydrogen) atoms. The molecule has 0 saturated heterocycles. The summed E-state index contributed by atoms with van der Waals surface area (Å²) in [7, 11) is 0. The van der Waals surface area contributed by atoms with Crippen LogP contribution in [-0.2, 0) is 6.54 Å². The summed E-state index contributed by atoms with van der Waals surface area (Å²) in [6.07, 6.45) is 3.20. The van der Waals surface area contributed by atoms with Crippen LogP contribution < -0.4 is 5.32 Å². The lowest BCUT2D eigenvalue weighted by atomic mass is 10.0. The van der Waals surface area contributed by atoms with E-state index < -0.39 is 0 Å². The molecule has 1 aromatic carbocycles. The van der Waals surface area contributed by atoms with Gasteiger partial charge in [-0.25, -0.2) is 15.0 Å². The monoisotopic (exact) mass is 389 g/mol. The smallest absolute Gasteiger partial charge is 0.289 e. The van der Waals surface area contributed by atoms with Crippen molar-refractivity contribution in [3.63, 3.8) is 0 Å². The molecule has 0 fully saturated rings. The molecule has 1 N–H and O–H groups in total. The Labute approximate surface area is 167 Å². The molecule has 0 radical (unpaired) electrons. The second kappa shape index (κ2) is 7.67. The van der Waals surface area contributed by atoms with E-state index in [2.05, 4.69) is 25.4 Å². The van der Waals surface area contributed by atoms with Crippen molar-refractivity contribution in [1.29, 1.82) is 0 Å². The normalized spacial score (nSPS) is 10.9. The number of nitrogens with one attached hydrogen (secondary N) is 1. The zero-order valence-corrected chi connectivity index (χ0v) is 16.3. The summed E-state index contributed by atoms with van der Waals surface area (Å²) in [6.45, 7) is 5.69. The average molecular weight is 389 g/mol. The maximum atomic E-state index is 12.3. The molecule has 146 valence electrons. The van der Waals surface area contributed by atoms with Crippen molar-refractivity contribution < 1.29 is 13.7 Å². The van der Waals surface area contributed by atoms with Gasteiger partial charge in [0, 0.05) is 31.3 Å². The third kappa shape index (κ3) is 3.91. The molecule has 0 saturated carbocycles. The molecule has 3 aromatic heterocycles. The Morgan fingerprint density at radius 3 is 2.59 bits per heavy atom. The number of oxazole rings is 1. The number of hydrogen-bond acceptors (Lipinski definition) is 7. The Hall–Kier alpha value is -3.81. The third-order valence-electron chi connectivity index (χ3n) is 4.40. The zero-order chi connectivity index (χ0) is 20.4. The first-order valence-electron chi connectivity index (χ1n) is 9.06. The summed E-state index contributed by atoms with van der Waals surface area (Å²) in [5.74, 6) is 1.05. The van der Waals surface area contributed by atoms with Gasteiger partial charge in [0.05, 0.1) is 22.6 Å². The number of hydrogen-bond donors (Lipinski definition) is 1. The van der Waals surface area contributed by atoms with Crippen LogP contribution >= 0.6 is 0 Å². The van der Waals surface area contributed by atoms with Gasteiger partial charge in [0.1, 0.15) is 6.33 Å². The van der Waals surface area contributed by atoms with E-state index in [0.717, 1.165) is 28.1 Å². The number of aryl methyl sites for hydroxylation is 3. The van der Waals surface area contributed by atoms with Crippen LogP contribution in [-0.4, -0.2) is 26.0 Å². The lowest BCUT2D eigenvalue weighted by molar-refractivity contribution is 0.0921. The highest BCUT2D eigenvalue weighted by Crippen LogP contribution is 2.30. The number of amides is 1. The molecule has 1 amide bonds. The van der Waals surface area contributed by atoms with Gasteiger partial charge in [0.25, 0.3) is 5.91 Å². The Morgan fingerprint density at radius 2 is 1.93 bits per heavy atom. The van der Waals surface area contributed by atoms with Crippen molar-refractivity contribution in [1.82, 2.24) is 25.4 Å². The fourth-order valence-corrected chi connectivity index (χ4v) is 3.02. The van der Waals surface area contributed by atoms with Gasteiger partial charge in [-0.1, -0.05) is 29.4 Å². The first-order valence-corrected chi connectivity index (χ1v) is 9.06. The molecular formula is C21H19N5O3. The van der Waals surface area contributed by atoms with Crippen LogP contribution in [0.1, 0.15) is 33.4 Å². The molecule has 3 heterocycles. The summed E-state index contributed by atoms with van der Waals surface area (Å²) in [4.78, 5) is 24.9. The van der Waals surface area contributed by atoms with Crippen molar-refractivity contribution in [2.45, 2.75) is 27.3 Å². The molecule has 0 aliphatic carbocycles. The van der Waals surface area contributed by atoms with Crippen LogP contribution in [0.5, 0.6) is 0 Å². The molecule has 8 heteroatoms. The first-order chi connectivity index (χ1) is 14.0. The van der Waals surface area contributed by atoms with E-state index in [-0.39, 0.29) is 11.7 Å². The molecule has 8 nitrogen and oxygen atoms in total. The molecular weight excluding hydrogens is 370 g/mol. The van der Waals surface area contributed by atoms with Crippen molar-refractivity contribution >= 4 is 5.91 Å². The van der Waals surface area contributed by atoms with Crippen LogP contribution in [0.2, 0.25) is 0 Å². The maximum absolute atomic E-state index is 12.3. The van der Waals surface area contributed by atoms with Crippen molar-refractivity contribution in [3.05, 3.63) is 71.5 Å².